The van der Waals surface area contributed by atoms with Crippen LogP contribution in [0.25, 0.3) is 0 Å². The van der Waals surface area contributed by atoms with Crippen molar-refractivity contribution in [3.05, 3.63) is 0 Å². The first-order chi connectivity index (χ1) is 7.65. The van der Waals surface area contributed by atoms with Gasteiger partial charge in [-0.3, -0.25) is 0 Å². The zero-order valence-electron chi connectivity index (χ0n) is 11.5. The molecule has 1 rings (SSSR count). The van der Waals surface area contributed by atoms with Crippen molar-refractivity contribution >= 4 is 0 Å². The molecule has 96 valence electrons. The van der Waals surface area contributed by atoms with E-state index in [0.717, 1.165) is 18.6 Å². The van der Waals surface area contributed by atoms with E-state index in [4.69, 9.17) is 0 Å². The molecule has 1 aliphatic rings. The molecular weight excluding hydrogens is 198 g/mol. The molecule has 0 spiro atoms. The standard InChI is InChI=1S/C13H29N3/c1-5-9-14-12-7-6-8-13(12)16(4)11-10-15(2)3/h12-14H,5-11H2,1-4H3. The molecule has 0 saturated heterocycles. The van der Waals surface area contributed by atoms with Gasteiger partial charge in [-0.1, -0.05) is 13.3 Å². The number of rotatable bonds is 7. The average Bonchev–Trinajstić information content (AvgIpc) is 2.71. The second-order valence-corrected chi connectivity index (χ2v) is 5.34. The highest BCUT2D eigenvalue weighted by Crippen LogP contribution is 2.23. The predicted octanol–water partition coefficient (Wildman–Crippen LogP) is 1.40. The van der Waals surface area contributed by atoms with Crippen LogP contribution in [0.1, 0.15) is 32.6 Å². The minimum Gasteiger partial charge on any atom is -0.312 e. The van der Waals surface area contributed by atoms with Crippen LogP contribution in [0.3, 0.4) is 0 Å². The lowest BCUT2D eigenvalue weighted by atomic mass is 10.1. The van der Waals surface area contributed by atoms with Gasteiger partial charge in [0, 0.05) is 25.2 Å². The Morgan fingerprint density at radius 2 is 1.88 bits per heavy atom. The number of likely N-dealkylation sites (N-methyl/N-ethyl adjacent to an activating group) is 2. The number of hydrogen-bond acceptors (Lipinski definition) is 3. The number of nitrogens with zero attached hydrogens (tertiary/aromatic N) is 2. The van der Waals surface area contributed by atoms with Gasteiger partial charge in [-0.05, 0) is 47.0 Å². The molecule has 0 heterocycles. The molecular formula is C13H29N3. The summed E-state index contributed by atoms with van der Waals surface area (Å²) in [6.45, 7) is 5.75. The van der Waals surface area contributed by atoms with E-state index >= 15 is 0 Å². The molecule has 0 aromatic carbocycles. The summed E-state index contributed by atoms with van der Waals surface area (Å²) in [6.07, 6.45) is 5.35. The summed E-state index contributed by atoms with van der Waals surface area (Å²) in [5, 5.41) is 3.69. The van der Waals surface area contributed by atoms with Gasteiger partial charge in [0.2, 0.25) is 0 Å². The lowest BCUT2D eigenvalue weighted by molar-refractivity contribution is 0.193. The quantitative estimate of drug-likeness (QED) is 0.709. The van der Waals surface area contributed by atoms with E-state index in [0.29, 0.717) is 0 Å². The number of nitrogens with one attached hydrogen (secondary N) is 1. The van der Waals surface area contributed by atoms with Crippen molar-refractivity contribution in [2.24, 2.45) is 0 Å². The summed E-state index contributed by atoms with van der Waals surface area (Å²) in [6, 6.07) is 1.48. The maximum atomic E-state index is 3.69. The highest BCUT2D eigenvalue weighted by molar-refractivity contribution is 4.89. The molecule has 1 N–H and O–H groups in total. The molecule has 0 aromatic rings. The normalized spacial score (nSPS) is 25.9. The van der Waals surface area contributed by atoms with Crippen LogP contribution in [0.5, 0.6) is 0 Å². The van der Waals surface area contributed by atoms with E-state index in [-0.39, 0.29) is 0 Å². The van der Waals surface area contributed by atoms with Crippen LogP contribution < -0.4 is 5.32 Å². The van der Waals surface area contributed by atoms with Gasteiger partial charge >= 0.3 is 0 Å². The summed E-state index contributed by atoms with van der Waals surface area (Å²) >= 11 is 0. The van der Waals surface area contributed by atoms with Crippen LogP contribution in [0.15, 0.2) is 0 Å². The Hall–Kier alpha value is -0.120. The Morgan fingerprint density at radius 1 is 1.12 bits per heavy atom. The van der Waals surface area contributed by atoms with Crippen molar-refractivity contribution in [3.63, 3.8) is 0 Å². The van der Waals surface area contributed by atoms with Crippen LogP contribution in [0.4, 0.5) is 0 Å². The largest absolute Gasteiger partial charge is 0.312 e. The zero-order chi connectivity index (χ0) is 12.0. The molecule has 16 heavy (non-hydrogen) atoms. The van der Waals surface area contributed by atoms with Gasteiger partial charge in [-0.25, -0.2) is 0 Å². The third kappa shape index (κ3) is 4.40. The van der Waals surface area contributed by atoms with Gasteiger partial charge in [0.05, 0.1) is 0 Å². The fraction of sp³-hybridized carbons (Fsp3) is 1.00. The van der Waals surface area contributed by atoms with Gasteiger partial charge in [0.25, 0.3) is 0 Å². The maximum absolute atomic E-state index is 3.69. The van der Waals surface area contributed by atoms with Crippen molar-refractivity contribution in [3.8, 4) is 0 Å². The Kier molecular flexibility index (Phi) is 6.32. The maximum Gasteiger partial charge on any atom is 0.0246 e. The minimum atomic E-state index is 0.729. The molecule has 2 unspecified atom stereocenters. The van der Waals surface area contributed by atoms with Crippen LogP contribution in [0, 0.1) is 0 Å². The molecule has 3 heteroatoms. The number of hydrogen-bond donors (Lipinski definition) is 1. The first kappa shape index (κ1) is 13.9. The van der Waals surface area contributed by atoms with Gasteiger partial charge < -0.3 is 15.1 Å². The summed E-state index contributed by atoms with van der Waals surface area (Å²) in [7, 11) is 6.57. The third-order valence-corrected chi connectivity index (χ3v) is 3.60. The monoisotopic (exact) mass is 227 g/mol. The van der Waals surface area contributed by atoms with Crippen LogP contribution in [-0.4, -0.2) is 62.7 Å². The van der Waals surface area contributed by atoms with E-state index in [9.17, 15) is 0 Å². The molecule has 0 aromatic heterocycles. The van der Waals surface area contributed by atoms with E-state index in [2.05, 4.69) is 43.2 Å². The Bertz CT molecular complexity index is 182. The molecule has 2 atom stereocenters. The highest BCUT2D eigenvalue weighted by atomic mass is 15.2. The molecule has 0 bridgehead atoms. The smallest absolute Gasteiger partial charge is 0.0246 e. The topological polar surface area (TPSA) is 18.5 Å². The van der Waals surface area contributed by atoms with E-state index in [1.165, 1.54) is 38.8 Å². The summed E-state index contributed by atoms with van der Waals surface area (Å²) < 4.78 is 0. The first-order valence-corrected chi connectivity index (χ1v) is 6.73. The summed E-state index contributed by atoms with van der Waals surface area (Å²) in [5.74, 6) is 0. The SMILES string of the molecule is CCCNC1CCCC1N(C)CCN(C)C. The summed E-state index contributed by atoms with van der Waals surface area (Å²) in [5.41, 5.74) is 0. The van der Waals surface area contributed by atoms with Crippen molar-refractivity contribution in [1.29, 1.82) is 0 Å². The first-order valence-electron chi connectivity index (χ1n) is 6.73. The van der Waals surface area contributed by atoms with Crippen molar-refractivity contribution in [1.82, 2.24) is 15.1 Å². The Labute approximate surface area is 101 Å². The molecule has 3 nitrogen and oxygen atoms in total. The fourth-order valence-electron chi connectivity index (χ4n) is 2.56. The van der Waals surface area contributed by atoms with Crippen LogP contribution in [0.2, 0.25) is 0 Å². The fourth-order valence-corrected chi connectivity index (χ4v) is 2.56. The van der Waals surface area contributed by atoms with Crippen molar-refractivity contribution < 1.29 is 0 Å². The van der Waals surface area contributed by atoms with E-state index < -0.39 is 0 Å². The highest BCUT2D eigenvalue weighted by Gasteiger charge is 2.29. The van der Waals surface area contributed by atoms with Gasteiger partial charge in [0.1, 0.15) is 0 Å². The van der Waals surface area contributed by atoms with Crippen molar-refractivity contribution in [2.75, 3.05) is 40.8 Å². The lowest BCUT2D eigenvalue weighted by Crippen LogP contribution is -2.47. The third-order valence-electron chi connectivity index (χ3n) is 3.60. The molecule has 1 fully saturated rings. The van der Waals surface area contributed by atoms with Gasteiger partial charge in [0.15, 0.2) is 0 Å². The molecule has 0 aliphatic heterocycles. The Morgan fingerprint density at radius 3 is 2.50 bits per heavy atom. The lowest BCUT2D eigenvalue weighted by Gasteiger charge is -2.31. The second-order valence-electron chi connectivity index (χ2n) is 5.34. The zero-order valence-corrected chi connectivity index (χ0v) is 11.5. The van der Waals surface area contributed by atoms with Gasteiger partial charge in [-0.2, -0.15) is 0 Å². The van der Waals surface area contributed by atoms with Crippen LogP contribution >= 0.6 is 0 Å². The molecule has 0 radical (unpaired) electrons. The predicted molar refractivity (Wildman–Crippen MR) is 70.9 cm³/mol. The Balaban J connectivity index is 2.31. The van der Waals surface area contributed by atoms with Crippen molar-refractivity contribution in [2.45, 2.75) is 44.7 Å². The molecule has 1 saturated carbocycles. The second kappa shape index (κ2) is 7.25. The average molecular weight is 227 g/mol. The summed E-state index contributed by atoms with van der Waals surface area (Å²) in [4.78, 5) is 4.81. The molecule has 1 aliphatic carbocycles. The van der Waals surface area contributed by atoms with Gasteiger partial charge in [-0.15, -0.1) is 0 Å². The minimum absolute atomic E-state index is 0.729. The van der Waals surface area contributed by atoms with E-state index in [1.54, 1.807) is 0 Å². The van der Waals surface area contributed by atoms with Crippen LogP contribution in [-0.2, 0) is 0 Å². The van der Waals surface area contributed by atoms with E-state index in [1.807, 2.05) is 0 Å². The molecule has 0 amide bonds.